The Morgan fingerprint density at radius 3 is 1.59 bits per heavy atom. The zero-order valence-corrected chi connectivity index (χ0v) is 41.8. The van der Waals surface area contributed by atoms with Crippen molar-refractivity contribution in [3.05, 3.63) is 179 Å². The Hall–Kier alpha value is -6.33. The third-order valence-electron chi connectivity index (χ3n) is 13.8. The van der Waals surface area contributed by atoms with Gasteiger partial charge in [0, 0.05) is 45.9 Å². The maximum absolute atomic E-state index is 7.04. The van der Waals surface area contributed by atoms with E-state index in [4.69, 9.17) is 9.72 Å². The Balaban J connectivity index is 1.14. The molecule has 5 nitrogen and oxygen atoms in total. The Bertz CT molecular complexity index is 3110. The minimum absolute atomic E-state index is 0.0113. The molecule has 2 aromatic heterocycles. The topological polar surface area (TPSA) is 33.5 Å². The Kier molecular flexibility index (Phi) is 10.8. The van der Waals surface area contributed by atoms with Crippen molar-refractivity contribution in [1.29, 1.82) is 0 Å². The van der Waals surface area contributed by atoms with Crippen molar-refractivity contribution in [2.75, 3.05) is 16.5 Å². The minimum Gasteiger partial charge on any atom is -0.457 e. The lowest BCUT2D eigenvalue weighted by Gasteiger charge is -2.32. The van der Waals surface area contributed by atoms with E-state index < -0.39 is 0 Å². The quantitative estimate of drug-likeness (QED) is 0.160. The molecule has 1 aliphatic rings. The number of hydrogen-bond donors (Lipinski definition) is 0. The van der Waals surface area contributed by atoms with Gasteiger partial charge in [-0.25, -0.2) is 4.98 Å². The van der Waals surface area contributed by atoms with Crippen LogP contribution in [0.15, 0.2) is 146 Å². The van der Waals surface area contributed by atoms with E-state index in [-0.39, 0.29) is 27.1 Å². The molecular formula is C61H68N4O. The molecule has 0 N–H and O–H groups in total. The van der Waals surface area contributed by atoms with Crippen LogP contribution in [0.1, 0.15) is 130 Å². The number of nitrogens with zero attached hydrogens (tertiary/aromatic N) is 4. The van der Waals surface area contributed by atoms with Gasteiger partial charge in [0.25, 0.3) is 0 Å². The molecule has 0 aliphatic carbocycles. The van der Waals surface area contributed by atoms with Gasteiger partial charge in [-0.05, 0) is 128 Å². The summed E-state index contributed by atoms with van der Waals surface area (Å²) in [5.74, 6) is 2.49. The van der Waals surface area contributed by atoms with Gasteiger partial charge >= 0.3 is 0 Å². The normalized spacial score (nSPS) is 13.8. The van der Waals surface area contributed by atoms with E-state index in [9.17, 15) is 0 Å². The van der Waals surface area contributed by atoms with Gasteiger partial charge in [-0.2, -0.15) is 0 Å². The van der Waals surface area contributed by atoms with Crippen LogP contribution in [-0.2, 0) is 27.1 Å². The van der Waals surface area contributed by atoms with Gasteiger partial charge in [0.2, 0.25) is 0 Å². The Morgan fingerprint density at radius 2 is 0.970 bits per heavy atom. The van der Waals surface area contributed by atoms with Crippen molar-refractivity contribution >= 4 is 44.6 Å². The summed E-state index contributed by atoms with van der Waals surface area (Å²) in [6.45, 7) is 32.7. The number of anilines is 4. The highest BCUT2D eigenvalue weighted by atomic mass is 16.5. The molecule has 338 valence electrons. The van der Waals surface area contributed by atoms with Gasteiger partial charge in [-0.1, -0.05) is 152 Å². The predicted molar refractivity (Wildman–Crippen MR) is 280 cm³/mol. The molecule has 0 saturated heterocycles. The number of fused-ring (bicyclic) bond motifs is 4. The standard InChI is InChI=1S/C61H68N4O/c1-57(2,3)41-24-27-52-51(35-41)50-26-25-48(38-55(50)65(52)56-36-42(28-29-62-56)58(4,5)6)66-49-34-44(60(10,11)12)32-47(37-49)64-39-63(53-22-18-19-23-54(53)64)46-31-43(59(7,8)9)30-45(33-46)61(13,14)40-20-16-15-17-21-40/h15-38H,39H2,1-14H3. The zero-order chi connectivity index (χ0) is 47.1. The van der Waals surface area contributed by atoms with Crippen molar-refractivity contribution < 1.29 is 4.74 Å². The van der Waals surface area contributed by atoms with Crippen LogP contribution in [0.5, 0.6) is 11.5 Å². The third-order valence-corrected chi connectivity index (χ3v) is 13.8. The molecule has 0 unspecified atom stereocenters. The fraction of sp³-hybridized carbons (Fsp3) is 0.328. The number of pyridine rings is 1. The Morgan fingerprint density at radius 1 is 0.409 bits per heavy atom. The molecular weight excluding hydrogens is 805 g/mol. The van der Waals surface area contributed by atoms with E-state index >= 15 is 0 Å². The minimum atomic E-state index is -0.191. The molecule has 0 bridgehead atoms. The molecule has 3 heterocycles. The summed E-state index contributed by atoms with van der Waals surface area (Å²) in [7, 11) is 0. The molecule has 9 rings (SSSR count). The molecule has 8 aromatic rings. The number of ether oxygens (including phenoxy) is 1. The van der Waals surface area contributed by atoms with Crippen LogP contribution in [0.3, 0.4) is 0 Å². The smallest absolute Gasteiger partial charge is 0.137 e. The van der Waals surface area contributed by atoms with Crippen LogP contribution >= 0.6 is 0 Å². The molecule has 1 aliphatic heterocycles. The molecule has 0 amide bonds. The van der Waals surface area contributed by atoms with Gasteiger partial charge in [-0.3, -0.25) is 4.57 Å². The van der Waals surface area contributed by atoms with Crippen LogP contribution < -0.4 is 14.5 Å². The van der Waals surface area contributed by atoms with E-state index in [2.05, 4.69) is 251 Å². The molecule has 0 spiro atoms. The molecule has 0 atom stereocenters. The largest absolute Gasteiger partial charge is 0.457 e. The van der Waals surface area contributed by atoms with E-state index in [1.807, 2.05) is 6.20 Å². The van der Waals surface area contributed by atoms with Crippen LogP contribution in [0.2, 0.25) is 0 Å². The molecule has 66 heavy (non-hydrogen) atoms. The lowest BCUT2D eigenvalue weighted by molar-refractivity contribution is 0.479. The first-order valence-electron chi connectivity index (χ1n) is 23.7. The number of rotatable bonds is 7. The first-order chi connectivity index (χ1) is 31.0. The first-order valence-corrected chi connectivity index (χ1v) is 23.7. The van der Waals surface area contributed by atoms with Gasteiger partial charge in [0.15, 0.2) is 0 Å². The molecule has 0 saturated carbocycles. The van der Waals surface area contributed by atoms with E-state index in [1.165, 1.54) is 61.2 Å². The summed E-state index contributed by atoms with van der Waals surface area (Å²) in [6.07, 6.45) is 1.94. The zero-order valence-electron chi connectivity index (χ0n) is 41.8. The second-order valence-electron chi connectivity index (χ2n) is 23.2. The van der Waals surface area contributed by atoms with Crippen molar-refractivity contribution in [2.45, 2.75) is 124 Å². The molecule has 0 radical (unpaired) electrons. The van der Waals surface area contributed by atoms with Crippen LogP contribution in [-0.4, -0.2) is 16.2 Å². The highest BCUT2D eigenvalue weighted by molar-refractivity contribution is 6.10. The average molecular weight is 873 g/mol. The summed E-state index contributed by atoms with van der Waals surface area (Å²) < 4.78 is 9.35. The van der Waals surface area contributed by atoms with Crippen LogP contribution in [0, 0.1) is 0 Å². The van der Waals surface area contributed by atoms with E-state index in [0.717, 1.165) is 34.0 Å². The number of hydrogen-bond acceptors (Lipinski definition) is 4. The number of aromatic nitrogens is 2. The fourth-order valence-corrected chi connectivity index (χ4v) is 9.39. The third kappa shape index (κ3) is 8.38. The van der Waals surface area contributed by atoms with Crippen LogP contribution in [0.25, 0.3) is 27.6 Å². The summed E-state index contributed by atoms with van der Waals surface area (Å²) in [4.78, 5) is 9.92. The fourth-order valence-electron chi connectivity index (χ4n) is 9.39. The lowest BCUT2D eigenvalue weighted by atomic mass is 9.75. The van der Waals surface area contributed by atoms with E-state index in [1.54, 1.807) is 0 Å². The Labute approximate surface area is 394 Å². The van der Waals surface area contributed by atoms with Gasteiger partial charge < -0.3 is 14.5 Å². The van der Waals surface area contributed by atoms with Crippen molar-refractivity contribution in [3.63, 3.8) is 0 Å². The SMILES string of the molecule is CC(C)(C)c1cc(Oc2ccc3c4cc(C(C)(C)C)ccc4n(-c4cc(C(C)(C)C)ccn4)c3c2)cc(N2CN(c3cc(C(C)(C)C)cc(C(C)(C)c4ccccc4)c3)c3ccccc32)c1. The van der Waals surface area contributed by atoms with Crippen molar-refractivity contribution in [1.82, 2.24) is 9.55 Å². The first kappa shape index (κ1) is 44.9. The van der Waals surface area contributed by atoms with E-state index in [0.29, 0.717) is 6.67 Å². The maximum atomic E-state index is 7.04. The summed E-state index contributed by atoms with van der Waals surface area (Å²) >= 11 is 0. The maximum Gasteiger partial charge on any atom is 0.137 e. The highest BCUT2D eigenvalue weighted by Gasteiger charge is 2.33. The average Bonchev–Trinajstić information content (AvgIpc) is 3.81. The van der Waals surface area contributed by atoms with Crippen molar-refractivity contribution in [2.24, 2.45) is 0 Å². The van der Waals surface area contributed by atoms with Gasteiger partial charge in [-0.15, -0.1) is 0 Å². The van der Waals surface area contributed by atoms with Gasteiger partial charge in [0.05, 0.1) is 22.4 Å². The molecule has 0 fully saturated rings. The second-order valence-corrected chi connectivity index (χ2v) is 23.2. The highest BCUT2D eigenvalue weighted by Crippen LogP contribution is 2.48. The summed E-state index contributed by atoms with van der Waals surface area (Å²) in [5, 5.41) is 2.39. The number of para-hydroxylation sites is 2. The second kappa shape index (κ2) is 15.9. The van der Waals surface area contributed by atoms with Gasteiger partial charge in [0.1, 0.15) is 24.0 Å². The molecule has 5 heteroatoms. The van der Waals surface area contributed by atoms with Crippen LogP contribution in [0.4, 0.5) is 22.7 Å². The van der Waals surface area contributed by atoms with Crippen molar-refractivity contribution in [3.8, 4) is 17.3 Å². The predicted octanol–water partition coefficient (Wildman–Crippen LogP) is 16.7. The lowest BCUT2D eigenvalue weighted by Crippen LogP contribution is -2.26. The summed E-state index contributed by atoms with van der Waals surface area (Å²) in [6, 6.07) is 51.6. The molecule has 6 aromatic carbocycles. The monoisotopic (exact) mass is 873 g/mol. The number of benzene rings is 6. The summed E-state index contributed by atoms with van der Waals surface area (Å²) in [5.41, 5.74) is 14.2.